The molecule has 0 fully saturated rings. The highest BCUT2D eigenvalue weighted by Gasteiger charge is 2.31. The zero-order valence-electron chi connectivity index (χ0n) is 24.5. The van der Waals surface area contributed by atoms with Crippen molar-refractivity contribution in [3.8, 4) is 0 Å². The van der Waals surface area contributed by atoms with E-state index in [1.54, 1.807) is 51.2 Å². The van der Waals surface area contributed by atoms with Crippen molar-refractivity contribution in [2.24, 2.45) is 7.05 Å². The first-order chi connectivity index (χ1) is 21.3. The average Bonchev–Trinajstić information content (AvgIpc) is 3.37. The number of pyridine rings is 2. The Morgan fingerprint density at radius 3 is 2.47 bits per heavy atom. The monoisotopic (exact) mass is 638 g/mol. The highest BCUT2D eigenvalue weighted by atomic mass is 32.2. The molecule has 0 aliphatic heterocycles. The Bertz CT molecular complexity index is 2090. The number of amides is 1. The molecule has 1 atom stereocenters. The van der Waals surface area contributed by atoms with Crippen molar-refractivity contribution in [3.05, 3.63) is 98.2 Å². The molecule has 45 heavy (non-hydrogen) atoms. The number of imidazole rings is 1. The molecule has 3 heterocycles. The van der Waals surface area contributed by atoms with Gasteiger partial charge in [0.05, 0.1) is 23.1 Å². The van der Waals surface area contributed by atoms with Crippen LogP contribution in [0.1, 0.15) is 38.4 Å². The summed E-state index contributed by atoms with van der Waals surface area (Å²) in [4.78, 5) is 50.0. The number of rotatable bonds is 9. The first-order valence-electron chi connectivity index (χ1n) is 13.6. The number of nitrogens with zero attached hydrogens (tertiary/aromatic N) is 4. The highest BCUT2D eigenvalue weighted by molar-refractivity contribution is 7.74. The Morgan fingerprint density at radius 1 is 1.16 bits per heavy atom. The standard InChI is InChI=1S/C30H28F2N6O6S/c1-14-8-15(2)25(16(3)9-14)38(45(43)44)22(30(41)42)12-34-29(40)19-13-37(4)26-18(27(19)39)10-20(31)17(24(26)32)11-23-35-21-6-5-7-33-28(21)36-23/h5-10,13,22,45H,11-12H2,1-4H3,(H,34,40)(H,41,42)(H,33,35,36). The number of hydrogen-bond acceptors (Lipinski definition) is 7. The van der Waals surface area contributed by atoms with Crippen LogP contribution in [0.25, 0.3) is 22.1 Å². The van der Waals surface area contributed by atoms with Crippen LogP contribution in [-0.2, 0) is 29.2 Å². The van der Waals surface area contributed by atoms with Crippen LogP contribution in [0.4, 0.5) is 14.5 Å². The molecule has 5 aromatic rings. The van der Waals surface area contributed by atoms with Gasteiger partial charge in [-0.05, 0) is 50.1 Å². The second kappa shape index (κ2) is 12.1. The summed E-state index contributed by atoms with van der Waals surface area (Å²) in [5.41, 5.74) is 0.827. The van der Waals surface area contributed by atoms with Crippen LogP contribution in [0, 0.1) is 32.4 Å². The molecule has 234 valence electrons. The summed E-state index contributed by atoms with van der Waals surface area (Å²) in [6.45, 7) is 4.37. The SMILES string of the molecule is Cc1cc(C)c(N(C(CNC(=O)c2cn(C)c3c(F)c(Cc4nc5cccnc5[nH]4)c(F)cc3c2=O)C(=O)O)[SH](=O)=O)c(C)c1. The minimum absolute atomic E-state index is 0.153. The Hall–Kier alpha value is -5.18. The fourth-order valence-corrected chi connectivity index (χ4v) is 6.43. The summed E-state index contributed by atoms with van der Waals surface area (Å²) >= 11 is 0. The molecule has 15 heteroatoms. The number of halogens is 2. The minimum atomic E-state index is -3.47. The number of carboxylic acid groups (broad SMARTS) is 1. The van der Waals surface area contributed by atoms with E-state index in [4.69, 9.17) is 0 Å². The zero-order chi connectivity index (χ0) is 32.7. The van der Waals surface area contributed by atoms with Crippen LogP contribution in [-0.4, -0.2) is 57.5 Å². The van der Waals surface area contributed by atoms with Crippen molar-refractivity contribution in [3.63, 3.8) is 0 Å². The molecule has 0 radical (unpaired) electrons. The molecule has 0 spiro atoms. The number of H-pyrrole nitrogens is 1. The lowest BCUT2D eigenvalue weighted by atomic mass is 10.0. The molecule has 0 aliphatic carbocycles. The van der Waals surface area contributed by atoms with Gasteiger partial charge in [0.1, 0.15) is 22.7 Å². The van der Waals surface area contributed by atoms with E-state index in [0.29, 0.717) is 26.6 Å². The number of hydrogen-bond donors (Lipinski definition) is 4. The normalized spacial score (nSPS) is 12.2. The second-order valence-corrected chi connectivity index (χ2v) is 11.6. The van der Waals surface area contributed by atoms with Gasteiger partial charge in [0, 0.05) is 31.4 Å². The van der Waals surface area contributed by atoms with Gasteiger partial charge < -0.3 is 20.0 Å². The number of fused-ring (bicyclic) bond motifs is 2. The van der Waals surface area contributed by atoms with Crippen molar-refractivity contribution in [2.75, 3.05) is 10.8 Å². The summed E-state index contributed by atoms with van der Waals surface area (Å²) < 4.78 is 57.4. The predicted octanol–water partition coefficient (Wildman–Crippen LogP) is 2.82. The Kier molecular flexibility index (Phi) is 8.38. The number of carbonyl (C=O) groups is 2. The van der Waals surface area contributed by atoms with Gasteiger partial charge in [-0.2, -0.15) is 0 Å². The quantitative estimate of drug-likeness (QED) is 0.179. The molecule has 0 saturated carbocycles. The maximum absolute atomic E-state index is 15.7. The summed E-state index contributed by atoms with van der Waals surface area (Å²) in [6.07, 6.45) is 2.32. The van der Waals surface area contributed by atoms with E-state index in [9.17, 15) is 27.9 Å². The lowest BCUT2D eigenvalue weighted by molar-refractivity contribution is -0.138. The topological polar surface area (TPSA) is 167 Å². The third-order valence-electron chi connectivity index (χ3n) is 7.42. The van der Waals surface area contributed by atoms with Gasteiger partial charge in [0.15, 0.2) is 17.5 Å². The van der Waals surface area contributed by atoms with E-state index in [-0.39, 0.29) is 29.0 Å². The first-order valence-corrected chi connectivity index (χ1v) is 14.7. The molecule has 1 unspecified atom stereocenters. The highest BCUT2D eigenvalue weighted by Crippen LogP contribution is 2.29. The number of benzene rings is 2. The second-order valence-electron chi connectivity index (χ2n) is 10.7. The number of aromatic nitrogens is 4. The van der Waals surface area contributed by atoms with Crippen LogP contribution < -0.4 is 15.1 Å². The number of carboxylic acids is 1. The Balaban J connectivity index is 1.46. The number of aliphatic carboxylic acids is 1. The Labute approximate surface area is 256 Å². The third-order valence-corrected chi connectivity index (χ3v) is 8.25. The molecule has 2 aromatic carbocycles. The van der Waals surface area contributed by atoms with Crippen molar-refractivity contribution in [2.45, 2.75) is 33.2 Å². The third kappa shape index (κ3) is 5.85. The molecule has 0 saturated heterocycles. The van der Waals surface area contributed by atoms with Crippen molar-refractivity contribution < 1.29 is 31.9 Å². The summed E-state index contributed by atoms with van der Waals surface area (Å²) in [5, 5.41) is 11.8. The van der Waals surface area contributed by atoms with Gasteiger partial charge in [-0.15, -0.1) is 0 Å². The minimum Gasteiger partial charge on any atom is -0.480 e. The number of aromatic amines is 1. The Morgan fingerprint density at radius 2 is 1.84 bits per heavy atom. The van der Waals surface area contributed by atoms with E-state index in [2.05, 4.69) is 20.3 Å². The van der Waals surface area contributed by atoms with E-state index < -0.39 is 63.4 Å². The van der Waals surface area contributed by atoms with Crippen LogP contribution >= 0.6 is 0 Å². The largest absolute Gasteiger partial charge is 0.480 e. The van der Waals surface area contributed by atoms with E-state index in [1.165, 1.54) is 7.05 Å². The van der Waals surface area contributed by atoms with E-state index >= 15 is 8.78 Å². The molecular weight excluding hydrogens is 610 g/mol. The average molecular weight is 639 g/mol. The van der Waals surface area contributed by atoms with Gasteiger partial charge in [-0.3, -0.25) is 13.9 Å². The lowest BCUT2D eigenvalue weighted by Gasteiger charge is -2.28. The van der Waals surface area contributed by atoms with Crippen LogP contribution in [0.5, 0.6) is 0 Å². The van der Waals surface area contributed by atoms with Crippen LogP contribution in [0.3, 0.4) is 0 Å². The van der Waals surface area contributed by atoms with Crippen molar-refractivity contribution in [1.29, 1.82) is 0 Å². The smallest absolute Gasteiger partial charge is 0.329 e. The van der Waals surface area contributed by atoms with E-state index in [0.717, 1.165) is 22.4 Å². The fraction of sp³-hybridized carbons (Fsp3) is 0.233. The van der Waals surface area contributed by atoms with Crippen molar-refractivity contribution >= 4 is 50.5 Å². The molecular formula is C30H28F2N6O6S. The fourth-order valence-electron chi connectivity index (χ4n) is 5.54. The maximum Gasteiger partial charge on any atom is 0.329 e. The molecule has 1 amide bonds. The number of thiol groups is 1. The molecule has 3 aromatic heterocycles. The number of anilines is 1. The van der Waals surface area contributed by atoms with Gasteiger partial charge in [0.25, 0.3) is 5.91 Å². The molecule has 5 rings (SSSR count). The van der Waals surface area contributed by atoms with Crippen LogP contribution in [0.2, 0.25) is 0 Å². The first kappa shape index (κ1) is 31.3. The van der Waals surface area contributed by atoms with E-state index in [1.807, 2.05) is 0 Å². The summed E-state index contributed by atoms with van der Waals surface area (Å²) in [6, 6.07) is 5.82. The maximum atomic E-state index is 15.7. The van der Waals surface area contributed by atoms with Gasteiger partial charge >= 0.3 is 5.97 Å². The molecule has 0 bridgehead atoms. The number of carbonyl (C=O) groups excluding carboxylic acids is 1. The zero-order valence-corrected chi connectivity index (χ0v) is 25.4. The molecule has 12 nitrogen and oxygen atoms in total. The van der Waals surface area contributed by atoms with Crippen LogP contribution in [0.15, 0.2) is 47.5 Å². The summed E-state index contributed by atoms with van der Waals surface area (Å²) in [7, 11) is -2.11. The van der Waals surface area contributed by atoms with Crippen molar-refractivity contribution in [1.82, 2.24) is 24.8 Å². The molecule has 3 N–H and O–H groups in total. The number of aryl methyl sites for hydroxylation is 4. The molecule has 0 aliphatic rings. The van der Waals surface area contributed by atoms with Gasteiger partial charge in [0.2, 0.25) is 16.3 Å². The lowest BCUT2D eigenvalue weighted by Crippen LogP contribution is -2.49. The number of nitrogens with one attached hydrogen (secondary N) is 2. The van der Waals surface area contributed by atoms with Gasteiger partial charge in [-0.1, -0.05) is 17.7 Å². The predicted molar refractivity (Wildman–Crippen MR) is 163 cm³/mol. The van der Waals surface area contributed by atoms with Gasteiger partial charge in [-0.25, -0.2) is 32.0 Å². The summed E-state index contributed by atoms with van der Waals surface area (Å²) in [5.74, 6) is -4.40.